The topological polar surface area (TPSA) is 3.88 Å². The predicted octanol–water partition coefficient (Wildman–Crippen LogP) is -0.568. The van der Waals surface area contributed by atoms with E-state index in [4.69, 9.17) is 11.6 Å². The SMILES string of the molecule is CCCC[n+]1cccc(Cl)c1.[I-]. The van der Waals surface area contributed by atoms with Gasteiger partial charge in [0.1, 0.15) is 11.6 Å². The maximum absolute atomic E-state index is 5.80. The fourth-order valence-electron chi connectivity index (χ4n) is 0.970. The lowest BCUT2D eigenvalue weighted by Gasteiger charge is -1.93. The summed E-state index contributed by atoms with van der Waals surface area (Å²) in [7, 11) is 0. The molecule has 0 aliphatic heterocycles. The van der Waals surface area contributed by atoms with E-state index in [1.165, 1.54) is 12.8 Å². The van der Waals surface area contributed by atoms with E-state index in [9.17, 15) is 0 Å². The summed E-state index contributed by atoms with van der Waals surface area (Å²) in [5.74, 6) is 0. The van der Waals surface area contributed by atoms with Crippen molar-refractivity contribution in [3.8, 4) is 0 Å². The maximum Gasteiger partial charge on any atom is 0.187 e. The van der Waals surface area contributed by atoms with Gasteiger partial charge < -0.3 is 24.0 Å². The second kappa shape index (κ2) is 6.66. The van der Waals surface area contributed by atoms with Crippen LogP contribution >= 0.6 is 11.6 Å². The smallest absolute Gasteiger partial charge is 0.187 e. The fourth-order valence-corrected chi connectivity index (χ4v) is 1.17. The Morgan fingerprint density at radius 1 is 1.50 bits per heavy atom. The fraction of sp³-hybridized carbons (Fsp3) is 0.444. The molecule has 3 heteroatoms. The molecule has 0 saturated heterocycles. The van der Waals surface area contributed by atoms with Gasteiger partial charge in [-0.25, -0.2) is 4.57 Å². The molecule has 1 rings (SSSR count). The van der Waals surface area contributed by atoms with Gasteiger partial charge in [0.15, 0.2) is 12.4 Å². The third-order valence-corrected chi connectivity index (χ3v) is 1.82. The molecule has 0 aromatic carbocycles. The third-order valence-electron chi connectivity index (χ3n) is 1.59. The van der Waals surface area contributed by atoms with Crippen LogP contribution in [0.5, 0.6) is 0 Å². The molecular formula is C9H13ClIN. The molecule has 1 aromatic rings. The molecule has 0 atom stereocenters. The van der Waals surface area contributed by atoms with E-state index >= 15 is 0 Å². The van der Waals surface area contributed by atoms with E-state index in [0.717, 1.165) is 11.6 Å². The zero-order chi connectivity index (χ0) is 8.10. The number of aromatic nitrogens is 1. The first kappa shape index (κ1) is 12.2. The van der Waals surface area contributed by atoms with Crippen molar-refractivity contribution >= 4 is 11.6 Å². The minimum Gasteiger partial charge on any atom is -1.00 e. The summed E-state index contributed by atoms with van der Waals surface area (Å²) in [5.41, 5.74) is 0. The normalized spacial score (nSPS) is 9.17. The van der Waals surface area contributed by atoms with Gasteiger partial charge in [-0.05, 0) is 6.07 Å². The molecule has 0 amide bonds. The first-order chi connectivity index (χ1) is 5.33. The van der Waals surface area contributed by atoms with Crippen LogP contribution in [-0.4, -0.2) is 0 Å². The zero-order valence-corrected chi connectivity index (χ0v) is 10.0. The first-order valence-corrected chi connectivity index (χ1v) is 4.35. The highest BCUT2D eigenvalue weighted by Gasteiger charge is 1.98. The monoisotopic (exact) mass is 297 g/mol. The van der Waals surface area contributed by atoms with Gasteiger partial charge >= 0.3 is 0 Å². The molecule has 0 aliphatic carbocycles. The predicted molar refractivity (Wildman–Crippen MR) is 46.6 cm³/mol. The molecule has 1 nitrogen and oxygen atoms in total. The number of unbranched alkanes of at least 4 members (excludes halogenated alkanes) is 1. The number of pyridine rings is 1. The number of nitrogens with zero attached hydrogens (tertiary/aromatic N) is 1. The summed E-state index contributed by atoms with van der Waals surface area (Å²) in [6, 6.07) is 3.86. The molecule has 0 aliphatic rings. The van der Waals surface area contributed by atoms with Gasteiger partial charge in [-0.15, -0.1) is 0 Å². The Kier molecular flexibility index (Phi) is 6.76. The second-order valence-electron chi connectivity index (χ2n) is 2.61. The highest BCUT2D eigenvalue weighted by Crippen LogP contribution is 2.01. The number of rotatable bonds is 3. The van der Waals surface area contributed by atoms with Crippen LogP contribution in [0.3, 0.4) is 0 Å². The zero-order valence-electron chi connectivity index (χ0n) is 7.13. The Morgan fingerprint density at radius 3 is 2.83 bits per heavy atom. The summed E-state index contributed by atoms with van der Waals surface area (Å²) in [6.45, 7) is 3.25. The van der Waals surface area contributed by atoms with E-state index in [0.29, 0.717) is 0 Å². The van der Waals surface area contributed by atoms with Crippen LogP contribution in [0.2, 0.25) is 5.02 Å². The highest BCUT2D eigenvalue weighted by atomic mass is 127. The molecule has 68 valence electrons. The van der Waals surface area contributed by atoms with Gasteiger partial charge in [0.05, 0.1) is 0 Å². The Balaban J connectivity index is 0.00000121. The van der Waals surface area contributed by atoms with Crippen LogP contribution in [-0.2, 0) is 6.54 Å². The number of hydrogen-bond acceptors (Lipinski definition) is 0. The van der Waals surface area contributed by atoms with E-state index in [-0.39, 0.29) is 24.0 Å². The minimum atomic E-state index is 0. The van der Waals surface area contributed by atoms with Crippen LogP contribution in [0, 0.1) is 0 Å². The van der Waals surface area contributed by atoms with Crippen LogP contribution in [0.15, 0.2) is 24.5 Å². The van der Waals surface area contributed by atoms with E-state index in [2.05, 4.69) is 11.5 Å². The standard InChI is InChI=1S/C9H13ClN.HI/c1-2-3-6-11-7-4-5-9(10)8-11;/h4-5,7-8H,2-3,6H2,1H3;1H/q+1;/p-1. The van der Waals surface area contributed by atoms with Gasteiger partial charge in [0.25, 0.3) is 0 Å². The molecule has 0 radical (unpaired) electrons. The lowest BCUT2D eigenvalue weighted by Crippen LogP contribution is -3.00. The molecular weight excluding hydrogens is 284 g/mol. The molecule has 1 aromatic heterocycles. The van der Waals surface area contributed by atoms with Crippen molar-refractivity contribution < 1.29 is 28.5 Å². The van der Waals surface area contributed by atoms with Crippen molar-refractivity contribution in [2.75, 3.05) is 0 Å². The molecule has 0 N–H and O–H groups in total. The summed E-state index contributed by atoms with van der Waals surface area (Å²) < 4.78 is 2.12. The van der Waals surface area contributed by atoms with Crippen molar-refractivity contribution in [1.82, 2.24) is 0 Å². The van der Waals surface area contributed by atoms with E-state index < -0.39 is 0 Å². The van der Waals surface area contributed by atoms with Crippen molar-refractivity contribution in [2.45, 2.75) is 26.3 Å². The van der Waals surface area contributed by atoms with Crippen LogP contribution < -0.4 is 28.5 Å². The van der Waals surface area contributed by atoms with Crippen molar-refractivity contribution in [2.24, 2.45) is 0 Å². The van der Waals surface area contributed by atoms with Crippen molar-refractivity contribution in [1.29, 1.82) is 0 Å². The van der Waals surface area contributed by atoms with Gasteiger partial charge in [-0.3, -0.25) is 0 Å². The molecule has 0 fully saturated rings. The van der Waals surface area contributed by atoms with Gasteiger partial charge in [0.2, 0.25) is 0 Å². The highest BCUT2D eigenvalue weighted by molar-refractivity contribution is 6.30. The van der Waals surface area contributed by atoms with Gasteiger partial charge in [-0.1, -0.05) is 24.9 Å². The molecule has 12 heavy (non-hydrogen) atoms. The van der Waals surface area contributed by atoms with Crippen LogP contribution in [0.4, 0.5) is 0 Å². The van der Waals surface area contributed by atoms with Gasteiger partial charge in [-0.2, -0.15) is 0 Å². The van der Waals surface area contributed by atoms with Crippen LogP contribution in [0.1, 0.15) is 19.8 Å². The average molecular weight is 298 g/mol. The molecule has 0 bridgehead atoms. The lowest BCUT2D eigenvalue weighted by atomic mass is 10.3. The molecule has 0 spiro atoms. The molecule has 1 heterocycles. The second-order valence-corrected chi connectivity index (χ2v) is 3.05. The maximum atomic E-state index is 5.80. The Morgan fingerprint density at radius 2 is 2.25 bits per heavy atom. The molecule has 0 unspecified atom stereocenters. The minimum absolute atomic E-state index is 0. The Hall–Kier alpha value is 0.170. The number of halogens is 2. The number of aryl methyl sites for hydroxylation is 1. The third kappa shape index (κ3) is 4.26. The summed E-state index contributed by atoms with van der Waals surface area (Å²) in [6.07, 6.45) is 6.43. The quantitative estimate of drug-likeness (QED) is 0.520. The van der Waals surface area contributed by atoms with Crippen molar-refractivity contribution in [3.05, 3.63) is 29.5 Å². The largest absolute Gasteiger partial charge is 1.00 e. The summed E-state index contributed by atoms with van der Waals surface area (Å²) in [4.78, 5) is 0. The summed E-state index contributed by atoms with van der Waals surface area (Å²) >= 11 is 5.80. The van der Waals surface area contributed by atoms with Crippen LogP contribution in [0.25, 0.3) is 0 Å². The first-order valence-electron chi connectivity index (χ1n) is 3.97. The lowest BCUT2D eigenvalue weighted by molar-refractivity contribution is -0.697. The summed E-state index contributed by atoms with van der Waals surface area (Å²) in [5, 5.41) is 0.809. The van der Waals surface area contributed by atoms with E-state index in [1.54, 1.807) is 0 Å². The Labute approximate surface area is 95.8 Å². The van der Waals surface area contributed by atoms with E-state index in [1.807, 2.05) is 24.5 Å². The van der Waals surface area contributed by atoms with Crippen molar-refractivity contribution in [3.63, 3.8) is 0 Å². The Bertz CT molecular complexity index is 228. The van der Waals surface area contributed by atoms with Gasteiger partial charge in [0, 0.05) is 12.5 Å². The average Bonchev–Trinajstić information content (AvgIpc) is 2.01. The number of hydrogen-bond donors (Lipinski definition) is 0. The molecule has 0 saturated carbocycles.